The van der Waals surface area contributed by atoms with E-state index < -0.39 is 0 Å². The Morgan fingerprint density at radius 2 is 1.83 bits per heavy atom. The molecule has 5 nitrogen and oxygen atoms in total. The highest BCUT2D eigenvalue weighted by molar-refractivity contribution is 5.94. The molecule has 0 aliphatic heterocycles. The second-order valence-electron chi connectivity index (χ2n) is 4.83. The summed E-state index contributed by atoms with van der Waals surface area (Å²) in [4.78, 5) is 12.3. The Bertz CT molecular complexity index is 670. The highest BCUT2D eigenvalue weighted by Gasteiger charge is 2.12. The first-order valence-electron chi connectivity index (χ1n) is 7.40. The highest BCUT2D eigenvalue weighted by atomic mass is 16.5. The van der Waals surface area contributed by atoms with E-state index in [0.29, 0.717) is 29.5 Å². The summed E-state index contributed by atoms with van der Waals surface area (Å²) in [6, 6.07) is 12.7. The van der Waals surface area contributed by atoms with Gasteiger partial charge >= 0.3 is 0 Å². The van der Waals surface area contributed by atoms with E-state index in [2.05, 4.69) is 5.32 Å². The molecule has 23 heavy (non-hydrogen) atoms. The Morgan fingerprint density at radius 1 is 1.04 bits per heavy atom. The van der Waals surface area contributed by atoms with Crippen molar-refractivity contribution >= 4 is 11.6 Å². The van der Waals surface area contributed by atoms with E-state index in [1.165, 1.54) is 0 Å². The molecule has 2 rings (SSSR count). The Hall–Kier alpha value is -2.69. The SMILES string of the molecule is CCOc1ccccc1NC(=O)Cc1cc(OC)ccc1OC. The van der Waals surface area contributed by atoms with Gasteiger partial charge in [-0.25, -0.2) is 0 Å². The summed E-state index contributed by atoms with van der Waals surface area (Å²) in [6.07, 6.45) is 0.181. The van der Waals surface area contributed by atoms with Crippen LogP contribution in [-0.4, -0.2) is 26.7 Å². The van der Waals surface area contributed by atoms with Crippen LogP contribution in [-0.2, 0) is 11.2 Å². The van der Waals surface area contributed by atoms with Crippen LogP contribution in [0.1, 0.15) is 12.5 Å². The molecule has 2 aromatic carbocycles. The second-order valence-corrected chi connectivity index (χ2v) is 4.83. The number of para-hydroxylation sites is 2. The Kier molecular flexibility index (Phi) is 5.86. The van der Waals surface area contributed by atoms with E-state index in [4.69, 9.17) is 14.2 Å². The highest BCUT2D eigenvalue weighted by Crippen LogP contribution is 2.26. The van der Waals surface area contributed by atoms with Crippen molar-refractivity contribution in [2.24, 2.45) is 0 Å². The van der Waals surface area contributed by atoms with Gasteiger partial charge in [-0.15, -0.1) is 0 Å². The first kappa shape index (κ1) is 16.7. The Balaban J connectivity index is 2.14. The van der Waals surface area contributed by atoms with E-state index in [0.717, 1.165) is 5.56 Å². The molecule has 0 aliphatic carbocycles. The summed E-state index contributed by atoms with van der Waals surface area (Å²) in [5, 5.41) is 2.87. The third kappa shape index (κ3) is 4.39. The van der Waals surface area contributed by atoms with Crippen LogP contribution in [0.3, 0.4) is 0 Å². The number of methoxy groups -OCH3 is 2. The normalized spacial score (nSPS) is 10.0. The summed E-state index contributed by atoms with van der Waals surface area (Å²) >= 11 is 0. The van der Waals surface area contributed by atoms with Crippen molar-refractivity contribution in [3.63, 3.8) is 0 Å². The number of ether oxygens (including phenoxy) is 3. The monoisotopic (exact) mass is 315 g/mol. The summed E-state index contributed by atoms with van der Waals surface area (Å²) in [6.45, 7) is 2.44. The largest absolute Gasteiger partial charge is 0.497 e. The van der Waals surface area contributed by atoms with E-state index in [-0.39, 0.29) is 12.3 Å². The van der Waals surface area contributed by atoms with Gasteiger partial charge in [0.25, 0.3) is 0 Å². The van der Waals surface area contributed by atoms with Gasteiger partial charge < -0.3 is 19.5 Å². The molecule has 0 saturated carbocycles. The fourth-order valence-corrected chi connectivity index (χ4v) is 2.24. The van der Waals surface area contributed by atoms with Crippen molar-refractivity contribution in [1.29, 1.82) is 0 Å². The standard InChI is InChI=1S/C18H21NO4/c1-4-23-17-8-6-5-7-15(17)19-18(20)12-13-11-14(21-2)9-10-16(13)22-3/h5-11H,4,12H2,1-3H3,(H,19,20). The van der Waals surface area contributed by atoms with Crippen LogP contribution in [0.25, 0.3) is 0 Å². The average molecular weight is 315 g/mol. The third-order valence-electron chi connectivity index (χ3n) is 3.30. The van der Waals surface area contributed by atoms with Gasteiger partial charge in [0, 0.05) is 5.56 Å². The number of nitrogens with one attached hydrogen (secondary N) is 1. The molecule has 0 spiro atoms. The van der Waals surface area contributed by atoms with Gasteiger partial charge in [-0.2, -0.15) is 0 Å². The predicted octanol–water partition coefficient (Wildman–Crippen LogP) is 3.28. The Morgan fingerprint density at radius 3 is 2.52 bits per heavy atom. The number of anilines is 1. The molecule has 122 valence electrons. The van der Waals surface area contributed by atoms with E-state index in [1.807, 2.05) is 31.2 Å². The lowest BCUT2D eigenvalue weighted by Gasteiger charge is -2.13. The zero-order valence-electron chi connectivity index (χ0n) is 13.6. The summed E-state index contributed by atoms with van der Waals surface area (Å²) in [7, 11) is 3.16. The molecule has 1 amide bonds. The number of hydrogen-bond donors (Lipinski definition) is 1. The van der Waals surface area contributed by atoms with Gasteiger partial charge in [0.15, 0.2) is 0 Å². The smallest absolute Gasteiger partial charge is 0.229 e. The second kappa shape index (κ2) is 8.08. The lowest BCUT2D eigenvalue weighted by Crippen LogP contribution is -2.15. The van der Waals surface area contributed by atoms with Crippen molar-refractivity contribution in [1.82, 2.24) is 0 Å². The first-order chi connectivity index (χ1) is 11.2. The fourth-order valence-electron chi connectivity index (χ4n) is 2.24. The maximum absolute atomic E-state index is 12.3. The van der Waals surface area contributed by atoms with Crippen molar-refractivity contribution in [3.8, 4) is 17.2 Å². The van der Waals surface area contributed by atoms with Crippen LogP contribution in [0.15, 0.2) is 42.5 Å². The molecule has 0 saturated heterocycles. The van der Waals surface area contributed by atoms with Crippen LogP contribution < -0.4 is 19.5 Å². The summed E-state index contributed by atoms with van der Waals surface area (Å²) in [5.41, 5.74) is 1.42. The fraction of sp³-hybridized carbons (Fsp3) is 0.278. The minimum absolute atomic E-state index is 0.149. The van der Waals surface area contributed by atoms with E-state index in [9.17, 15) is 4.79 Å². The molecular weight excluding hydrogens is 294 g/mol. The van der Waals surface area contributed by atoms with Gasteiger partial charge in [0.05, 0.1) is 32.9 Å². The lowest BCUT2D eigenvalue weighted by molar-refractivity contribution is -0.115. The third-order valence-corrected chi connectivity index (χ3v) is 3.30. The molecule has 0 fully saturated rings. The van der Waals surface area contributed by atoms with E-state index in [1.54, 1.807) is 32.4 Å². The quantitative estimate of drug-likeness (QED) is 0.852. The number of rotatable bonds is 7. The number of carbonyl (C=O) groups is 1. The maximum atomic E-state index is 12.3. The minimum atomic E-state index is -0.149. The van der Waals surface area contributed by atoms with Crippen LogP contribution in [0.5, 0.6) is 17.2 Å². The summed E-state index contributed by atoms with van der Waals surface area (Å²) in [5.74, 6) is 1.84. The molecule has 0 aliphatic rings. The number of carbonyl (C=O) groups excluding carboxylic acids is 1. The van der Waals surface area contributed by atoms with E-state index >= 15 is 0 Å². The molecule has 5 heteroatoms. The molecule has 0 atom stereocenters. The Labute approximate surface area is 136 Å². The zero-order chi connectivity index (χ0) is 16.7. The summed E-state index contributed by atoms with van der Waals surface area (Å²) < 4.78 is 16.0. The molecule has 1 N–H and O–H groups in total. The minimum Gasteiger partial charge on any atom is -0.497 e. The van der Waals surface area contributed by atoms with Gasteiger partial charge in [0.2, 0.25) is 5.91 Å². The number of hydrogen-bond acceptors (Lipinski definition) is 4. The van der Waals surface area contributed by atoms with Crippen molar-refractivity contribution < 1.29 is 19.0 Å². The van der Waals surface area contributed by atoms with Crippen LogP contribution in [0.4, 0.5) is 5.69 Å². The lowest BCUT2D eigenvalue weighted by atomic mass is 10.1. The van der Waals surface area contributed by atoms with Crippen LogP contribution >= 0.6 is 0 Å². The zero-order valence-corrected chi connectivity index (χ0v) is 13.6. The van der Waals surface area contributed by atoms with Crippen molar-refractivity contribution in [3.05, 3.63) is 48.0 Å². The molecular formula is C18H21NO4. The first-order valence-corrected chi connectivity index (χ1v) is 7.40. The number of amides is 1. The van der Waals surface area contributed by atoms with Crippen molar-refractivity contribution in [2.75, 3.05) is 26.1 Å². The number of benzene rings is 2. The van der Waals surface area contributed by atoms with Gasteiger partial charge in [0.1, 0.15) is 17.2 Å². The molecule has 0 bridgehead atoms. The van der Waals surface area contributed by atoms with Crippen molar-refractivity contribution in [2.45, 2.75) is 13.3 Å². The molecule has 0 unspecified atom stereocenters. The molecule has 0 aromatic heterocycles. The van der Waals surface area contributed by atoms with Gasteiger partial charge in [-0.3, -0.25) is 4.79 Å². The van der Waals surface area contributed by atoms with Crippen LogP contribution in [0.2, 0.25) is 0 Å². The molecule has 0 radical (unpaired) electrons. The maximum Gasteiger partial charge on any atom is 0.229 e. The molecule has 0 heterocycles. The predicted molar refractivity (Wildman–Crippen MR) is 89.5 cm³/mol. The topological polar surface area (TPSA) is 56.8 Å². The van der Waals surface area contributed by atoms with Crippen LogP contribution in [0, 0.1) is 0 Å². The van der Waals surface area contributed by atoms with Gasteiger partial charge in [-0.1, -0.05) is 12.1 Å². The molecule has 2 aromatic rings. The van der Waals surface area contributed by atoms with Gasteiger partial charge in [-0.05, 0) is 37.3 Å². The average Bonchev–Trinajstić information content (AvgIpc) is 2.56.